The van der Waals surface area contributed by atoms with Gasteiger partial charge in [0.15, 0.2) is 5.82 Å². The van der Waals surface area contributed by atoms with Gasteiger partial charge >= 0.3 is 0 Å². The highest BCUT2D eigenvalue weighted by molar-refractivity contribution is 6.21. The van der Waals surface area contributed by atoms with E-state index in [1.165, 1.54) is 138 Å². The Hall–Kier alpha value is -12.2. The third kappa shape index (κ3) is 7.54. The summed E-state index contributed by atoms with van der Waals surface area (Å²) < 4.78 is 7.47. The number of hydrogen-bond donors (Lipinski definition) is 0. The van der Waals surface area contributed by atoms with Crippen molar-refractivity contribution >= 4 is 76.2 Å². The van der Waals surface area contributed by atoms with Gasteiger partial charge in [-0.3, -0.25) is 0 Å². The first-order valence-electron chi connectivity index (χ1n) is 33.9. The van der Waals surface area contributed by atoms with Crippen LogP contribution in [0.25, 0.3) is 183 Å². The second-order valence-corrected chi connectivity index (χ2v) is 28.0. The topological polar surface area (TPSA) is 40.6 Å². The Bertz CT molecular complexity index is 6490. The van der Waals surface area contributed by atoms with Crippen LogP contribution in [0, 0.1) is 0 Å². The van der Waals surface area contributed by atoms with E-state index in [0.29, 0.717) is 0 Å². The molecule has 97 heavy (non-hydrogen) atoms. The Balaban J connectivity index is 0.719. The molecule has 0 atom stereocenters. The number of para-hydroxylation sites is 2. The van der Waals surface area contributed by atoms with Crippen molar-refractivity contribution in [2.45, 2.75) is 38.5 Å². The molecule has 4 aromatic heterocycles. The van der Waals surface area contributed by atoms with Crippen LogP contribution in [0.2, 0.25) is 0 Å². The summed E-state index contributed by atoms with van der Waals surface area (Å²) in [7, 11) is 0. The third-order valence-corrected chi connectivity index (χ3v) is 22.2. The summed E-state index contributed by atoms with van der Waals surface area (Å²) in [6, 6.07) is 111. The molecule has 3 aliphatic carbocycles. The van der Waals surface area contributed by atoms with E-state index in [2.05, 4.69) is 333 Å². The molecular weight excluding hydrogens is 1180 g/mol. The fraction of sp³-hybridized carbons (Fsp3) is 0.0652. The first-order chi connectivity index (χ1) is 47.6. The smallest absolute Gasteiger partial charge is 0.160 e. The molecule has 14 aromatic carbocycles. The predicted molar refractivity (Wildman–Crippen MR) is 404 cm³/mol. The van der Waals surface area contributed by atoms with Gasteiger partial charge in [0.1, 0.15) is 0 Å². The molecule has 5 heteroatoms. The highest BCUT2D eigenvalue weighted by atomic mass is 15.0. The van der Waals surface area contributed by atoms with Gasteiger partial charge in [0.25, 0.3) is 0 Å². The zero-order valence-corrected chi connectivity index (χ0v) is 54.0. The molecule has 0 amide bonds. The molecule has 21 rings (SSSR count). The summed E-state index contributed by atoms with van der Waals surface area (Å²) in [5, 5.41) is 9.71. The number of rotatable bonds is 7. The zero-order valence-electron chi connectivity index (χ0n) is 54.0. The molecule has 0 radical (unpaired) electrons. The van der Waals surface area contributed by atoms with Gasteiger partial charge in [0.2, 0.25) is 0 Å². The number of benzene rings is 14. The minimum absolute atomic E-state index is 0.106. The van der Waals surface area contributed by atoms with E-state index < -0.39 is 0 Å². The van der Waals surface area contributed by atoms with E-state index in [1.54, 1.807) is 0 Å². The first-order valence-corrected chi connectivity index (χ1v) is 33.9. The lowest BCUT2D eigenvalue weighted by Crippen LogP contribution is -2.15. The molecule has 0 saturated carbocycles. The van der Waals surface area contributed by atoms with Gasteiger partial charge in [-0.25, -0.2) is 9.97 Å². The summed E-state index contributed by atoms with van der Waals surface area (Å²) in [6.07, 6.45) is 0. The zero-order chi connectivity index (χ0) is 64.2. The van der Waals surface area contributed by atoms with Crippen molar-refractivity contribution in [3.05, 3.63) is 320 Å². The summed E-state index contributed by atoms with van der Waals surface area (Å²) in [5.41, 5.74) is 33.2. The average molecular weight is 1240 g/mol. The van der Waals surface area contributed by atoms with Gasteiger partial charge in [0, 0.05) is 87.5 Å². The summed E-state index contributed by atoms with van der Waals surface area (Å²) >= 11 is 0. The van der Waals surface area contributed by atoms with Crippen LogP contribution in [0.5, 0.6) is 0 Å². The van der Waals surface area contributed by atoms with Crippen molar-refractivity contribution in [1.29, 1.82) is 0 Å². The molecule has 0 fully saturated rings. The molecule has 0 aliphatic heterocycles. The lowest BCUT2D eigenvalue weighted by molar-refractivity contribution is 0.660. The number of nitrogens with zero attached hydrogens (tertiary/aromatic N) is 5. The van der Waals surface area contributed by atoms with E-state index in [-0.39, 0.29) is 10.8 Å². The standard InChI is InChI=1S/C92H61N5/c1-91(2)75-30-15-11-24-62(75)64-40-38-60(52-77(64)91)95-79-32-17-13-26-66(79)71-48-56(34-43-82(71)95)58-35-44-83-73(50-58)74-51-59(36-45-84(74)96(83)61-39-41-65-63-25-12-16-31-76(63)92(3,4)78(65)53-61)57-37-46-85-72(49-57)67-27-14-18-33-80(67)97(85)81-47-42-69-86-68(81)28-19-29-70(86)89-87(69)88(54-20-7-5-8-21-54)93-90(94-89)55-22-9-6-10-23-55/h5-53H,1-4H3. The fourth-order valence-corrected chi connectivity index (χ4v) is 17.6. The molecular formula is C92H61N5. The Morgan fingerprint density at radius 3 is 1.18 bits per heavy atom. The van der Waals surface area contributed by atoms with Crippen LogP contribution in [0.15, 0.2) is 297 Å². The SMILES string of the molecule is CC1(C)c2ccccc2-c2ccc(-n3c4ccccc4c4cc(-c5ccc6c(c5)c5cc(-c7ccc8c(c7)c7ccccc7n8-c7ccc8c9c(cccc79)-c7nc(-c9ccccc9)nc(-c9ccccc9)c7-8)ccc5n6-c5ccc6c(c5)C(C)(C)c5ccccc5-6)ccc43)cc21. The molecule has 0 unspecified atom stereocenters. The van der Waals surface area contributed by atoms with Gasteiger partial charge in [-0.1, -0.05) is 234 Å². The maximum absolute atomic E-state index is 5.40. The Morgan fingerprint density at radius 2 is 0.639 bits per heavy atom. The van der Waals surface area contributed by atoms with Crippen molar-refractivity contribution in [1.82, 2.24) is 23.7 Å². The van der Waals surface area contributed by atoms with E-state index in [0.717, 1.165) is 67.4 Å². The average Bonchev–Trinajstić information content (AvgIpc) is 1.56. The van der Waals surface area contributed by atoms with Crippen LogP contribution >= 0.6 is 0 Å². The van der Waals surface area contributed by atoms with E-state index >= 15 is 0 Å². The highest BCUT2D eigenvalue weighted by Crippen LogP contribution is 2.55. The van der Waals surface area contributed by atoms with Crippen molar-refractivity contribution in [2.24, 2.45) is 0 Å². The molecule has 3 aliphatic rings. The number of fused-ring (bicyclic) bond motifs is 18. The number of aromatic nitrogens is 5. The fourth-order valence-electron chi connectivity index (χ4n) is 17.6. The Labute approximate surface area is 561 Å². The van der Waals surface area contributed by atoms with Crippen molar-refractivity contribution in [2.75, 3.05) is 0 Å². The molecule has 5 nitrogen and oxygen atoms in total. The molecule has 18 aromatic rings. The molecule has 0 spiro atoms. The van der Waals surface area contributed by atoms with Crippen molar-refractivity contribution < 1.29 is 0 Å². The third-order valence-electron chi connectivity index (χ3n) is 22.2. The largest absolute Gasteiger partial charge is 0.309 e. The normalized spacial score (nSPS) is 13.7. The predicted octanol–water partition coefficient (Wildman–Crippen LogP) is 23.8. The maximum Gasteiger partial charge on any atom is 0.160 e. The van der Waals surface area contributed by atoms with Gasteiger partial charge in [-0.15, -0.1) is 0 Å². The van der Waals surface area contributed by atoms with Crippen LogP contribution in [0.3, 0.4) is 0 Å². The molecule has 4 heterocycles. The van der Waals surface area contributed by atoms with Gasteiger partial charge in [-0.2, -0.15) is 0 Å². The molecule has 0 bridgehead atoms. The first kappa shape index (κ1) is 54.2. The highest BCUT2D eigenvalue weighted by Gasteiger charge is 2.38. The van der Waals surface area contributed by atoms with E-state index in [1.807, 2.05) is 6.07 Å². The molecule has 454 valence electrons. The monoisotopic (exact) mass is 1240 g/mol. The molecule has 0 saturated heterocycles. The van der Waals surface area contributed by atoms with Crippen LogP contribution < -0.4 is 0 Å². The molecule has 0 N–H and O–H groups in total. The van der Waals surface area contributed by atoms with Crippen molar-refractivity contribution in [3.8, 4) is 107 Å². The summed E-state index contributed by atoms with van der Waals surface area (Å²) in [6.45, 7) is 9.50. The van der Waals surface area contributed by atoms with Crippen LogP contribution in [-0.2, 0) is 10.8 Å². The minimum atomic E-state index is -0.150. The summed E-state index contributed by atoms with van der Waals surface area (Å²) in [5.74, 6) is 0.725. The van der Waals surface area contributed by atoms with Crippen LogP contribution in [0.1, 0.15) is 49.9 Å². The Kier molecular flexibility index (Phi) is 11.0. The van der Waals surface area contributed by atoms with E-state index in [4.69, 9.17) is 9.97 Å². The van der Waals surface area contributed by atoms with Crippen molar-refractivity contribution in [3.63, 3.8) is 0 Å². The second kappa shape index (κ2) is 19.7. The van der Waals surface area contributed by atoms with Gasteiger partial charge in [0.05, 0.1) is 50.2 Å². The summed E-state index contributed by atoms with van der Waals surface area (Å²) in [4.78, 5) is 10.7. The quantitative estimate of drug-likeness (QED) is 0.160. The number of hydrogen-bond acceptors (Lipinski definition) is 2. The lowest BCUT2D eigenvalue weighted by Gasteiger charge is -2.22. The minimum Gasteiger partial charge on any atom is -0.309 e. The second-order valence-electron chi connectivity index (χ2n) is 28.0. The maximum atomic E-state index is 5.40. The lowest BCUT2D eigenvalue weighted by atomic mass is 9.82. The van der Waals surface area contributed by atoms with Gasteiger partial charge in [-0.05, 0) is 163 Å². The Morgan fingerprint density at radius 1 is 0.247 bits per heavy atom. The van der Waals surface area contributed by atoms with Gasteiger partial charge < -0.3 is 13.7 Å². The van der Waals surface area contributed by atoms with Crippen LogP contribution in [-0.4, -0.2) is 23.7 Å². The van der Waals surface area contributed by atoms with E-state index in [9.17, 15) is 0 Å². The van der Waals surface area contributed by atoms with Crippen LogP contribution in [0.4, 0.5) is 0 Å².